The van der Waals surface area contributed by atoms with E-state index in [1.54, 1.807) is 0 Å². The van der Waals surface area contributed by atoms with Crippen LogP contribution in [-0.2, 0) is 4.74 Å². The molecule has 0 fully saturated rings. The third kappa shape index (κ3) is 6.42. The number of carbonyl (C=O) groups excluding carboxylic acids is 1. The Bertz CT molecular complexity index is 147. The summed E-state index contributed by atoms with van der Waals surface area (Å²) >= 11 is 0. The highest BCUT2D eigenvalue weighted by Crippen LogP contribution is 1.68. The molecule has 0 aliphatic carbocycles. The molecule has 0 saturated heterocycles. The summed E-state index contributed by atoms with van der Waals surface area (Å²) in [6, 6.07) is 0. The third-order valence-electron chi connectivity index (χ3n) is 0.856. The minimum Gasteiger partial charge on any atom is -0.465 e. The first-order valence-corrected chi connectivity index (χ1v) is 2.95. The zero-order valence-corrected chi connectivity index (χ0v) is 6.09. The van der Waals surface area contributed by atoms with Gasteiger partial charge in [0.2, 0.25) is 0 Å². The number of ether oxygens (including phenoxy) is 1. The zero-order valence-electron chi connectivity index (χ0n) is 6.09. The Labute approximate surface area is 63.5 Å². The van der Waals surface area contributed by atoms with Crippen molar-refractivity contribution in [3.63, 3.8) is 0 Å². The number of carboxylic acid groups (broad SMARTS) is 1. The quantitative estimate of drug-likeness (QED) is 0.493. The van der Waals surface area contributed by atoms with Gasteiger partial charge in [0.05, 0.1) is 7.11 Å². The van der Waals surface area contributed by atoms with Gasteiger partial charge in [-0.05, 0) is 0 Å². The molecule has 0 radical (unpaired) electrons. The molecule has 0 aromatic rings. The number of carbonyl (C=O) groups is 2. The van der Waals surface area contributed by atoms with Gasteiger partial charge in [0.25, 0.3) is 0 Å². The van der Waals surface area contributed by atoms with Crippen LogP contribution in [-0.4, -0.2) is 37.5 Å². The molecule has 0 spiro atoms. The fraction of sp³-hybridized carbons (Fsp3) is 0.600. The van der Waals surface area contributed by atoms with Gasteiger partial charge in [-0.3, -0.25) is 0 Å². The Morgan fingerprint density at radius 1 is 1.36 bits per heavy atom. The molecule has 0 rings (SSSR count). The molecule has 6 heteroatoms. The number of nitrogens with one attached hydrogen (secondary N) is 2. The molecule has 0 heterocycles. The SMILES string of the molecule is COC(=O)NCCNC(=O)O. The van der Waals surface area contributed by atoms with Crippen molar-refractivity contribution in [2.45, 2.75) is 0 Å². The molecule has 6 nitrogen and oxygen atoms in total. The largest absolute Gasteiger partial charge is 0.465 e. The van der Waals surface area contributed by atoms with Gasteiger partial charge >= 0.3 is 12.2 Å². The minimum absolute atomic E-state index is 0.171. The number of rotatable bonds is 3. The third-order valence-corrected chi connectivity index (χ3v) is 0.856. The standard InChI is InChI=1S/C5H10N2O4/c1-11-5(10)7-3-2-6-4(8)9/h6H,2-3H2,1H3,(H,7,10)(H,8,9). The van der Waals surface area contributed by atoms with Crippen LogP contribution in [0.1, 0.15) is 0 Å². The highest BCUT2D eigenvalue weighted by atomic mass is 16.5. The normalized spacial score (nSPS) is 8.45. The first-order valence-electron chi connectivity index (χ1n) is 2.95. The van der Waals surface area contributed by atoms with E-state index in [0.29, 0.717) is 0 Å². The zero-order chi connectivity index (χ0) is 8.69. The Hall–Kier alpha value is -1.46. The van der Waals surface area contributed by atoms with Crippen molar-refractivity contribution in [2.75, 3.05) is 20.2 Å². The van der Waals surface area contributed by atoms with Gasteiger partial charge in [-0.15, -0.1) is 0 Å². The molecule has 0 aliphatic heterocycles. The lowest BCUT2D eigenvalue weighted by atomic mass is 10.6. The van der Waals surface area contributed by atoms with E-state index < -0.39 is 12.2 Å². The highest BCUT2D eigenvalue weighted by Gasteiger charge is 1.96. The molecule has 0 bridgehead atoms. The maximum atomic E-state index is 10.3. The lowest BCUT2D eigenvalue weighted by Gasteiger charge is -2.02. The summed E-state index contributed by atoms with van der Waals surface area (Å²) in [6.45, 7) is 0.392. The van der Waals surface area contributed by atoms with Gasteiger partial charge in [0.1, 0.15) is 0 Å². The van der Waals surface area contributed by atoms with E-state index in [9.17, 15) is 9.59 Å². The monoisotopic (exact) mass is 162 g/mol. The Kier molecular flexibility index (Phi) is 4.63. The van der Waals surface area contributed by atoms with Crippen LogP contribution in [0.15, 0.2) is 0 Å². The first kappa shape index (κ1) is 9.54. The topological polar surface area (TPSA) is 87.7 Å². The molecule has 3 N–H and O–H groups in total. The number of alkyl carbamates (subject to hydrolysis) is 1. The van der Waals surface area contributed by atoms with Crippen LogP contribution in [0.4, 0.5) is 9.59 Å². The van der Waals surface area contributed by atoms with Crippen molar-refractivity contribution in [3.8, 4) is 0 Å². The summed E-state index contributed by atoms with van der Waals surface area (Å²) in [6.07, 6.45) is -1.69. The van der Waals surface area contributed by atoms with Crippen molar-refractivity contribution in [1.29, 1.82) is 0 Å². The lowest BCUT2D eigenvalue weighted by Crippen LogP contribution is -2.33. The predicted molar refractivity (Wildman–Crippen MR) is 36.4 cm³/mol. The van der Waals surface area contributed by atoms with Crippen LogP contribution < -0.4 is 10.6 Å². The minimum atomic E-state index is -1.11. The molecular formula is C5H10N2O4. The molecule has 0 unspecified atom stereocenters. The van der Waals surface area contributed by atoms with Crippen molar-refractivity contribution in [2.24, 2.45) is 0 Å². The second kappa shape index (κ2) is 5.33. The number of hydrogen-bond acceptors (Lipinski definition) is 3. The van der Waals surface area contributed by atoms with Gasteiger partial charge in [0.15, 0.2) is 0 Å². The molecule has 11 heavy (non-hydrogen) atoms. The average Bonchev–Trinajstić information content (AvgIpc) is 1.97. The molecule has 64 valence electrons. The van der Waals surface area contributed by atoms with E-state index in [0.717, 1.165) is 0 Å². The Morgan fingerprint density at radius 3 is 2.36 bits per heavy atom. The summed E-state index contributed by atoms with van der Waals surface area (Å²) in [5, 5.41) is 12.5. The van der Waals surface area contributed by atoms with Crippen LogP contribution >= 0.6 is 0 Å². The average molecular weight is 162 g/mol. The Morgan fingerprint density at radius 2 is 1.91 bits per heavy atom. The van der Waals surface area contributed by atoms with Gasteiger partial charge in [-0.25, -0.2) is 9.59 Å². The molecule has 0 aromatic carbocycles. The van der Waals surface area contributed by atoms with Crippen LogP contribution in [0.25, 0.3) is 0 Å². The fourth-order valence-electron chi connectivity index (χ4n) is 0.406. The van der Waals surface area contributed by atoms with Crippen molar-refractivity contribution in [3.05, 3.63) is 0 Å². The molecule has 0 atom stereocenters. The van der Waals surface area contributed by atoms with Crippen molar-refractivity contribution < 1.29 is 19.4 Å². The maximum Gasteiger partial charge on any atom is 0.406 e. The second-order valence-electron chi connectivity index (χ2n) is 1.65. The summed E-state index contributed by atoms with van der Waals surface area (Å²) in [4.78, 5) is 20.2. The lowest BCUT2D eigenvalue weighted by molar-refractivity contribution is 0.170. The van der Waals surface area contributed by atoms with Gasteiger partial charge < -0.3 is 20.5 Å². The maximum absolute atomic E-state index is 10.3. The molecule has 0 saturated carbocycles. The van der Waals surface area contributed by atoms with Gasteiger partial charge in [-0.1, -0.05) is 0 Å². The van der Waals surface area contributed by atoms with Crippen LogP contribution in [0, 0.1) is 0 Å². The predicted octanol–water partition coefficient (Wildman–Crippen LogP) is -0.390. The molecule has 0 aliphatic rings. The smallest absolute Gasteiger partial charge is 0.406 e. The Balaban J connectivity index is 3.14. The van der Waals surface area contributed by atoms with E-state index >= 15 is 0 Å². The van der Waals surface area contributed by atoms with E-state index in [1.807, 2.05) is 0 Å². The van der Waals surface area contributed by atoms with Crippen LogP contribution in [0.5, 0.6) is 0 Å². The van der Waals surface area contributed by atoms with E-state index in [2.05, 4.69) is 15.4 Å². The molecule has 0 aromatic heterocycles. The summed E-state index contributed by atoms with van der Waals surface area (Å²) in [5.74, 6) is 0. The van der Waals surface area contributed by atoms with Crippen molar-refractivity contribution in [1.82, 2.24) is 10.6 Å². The second-order valence-corrected chi connectivity index (χ2v) is 1.65. The van der Waals surface area contributed by atoms with Crippen LogP contribution in [0.3, 0.4) is 0 Å². The first-order chi connectivity index (χ1) is 5.16. The van der Waals surface area contributed by atoms with Crippen LogP contribution in [0.2, 0.25) is 0 Å². The highest BCUT2D eigenvalue weighted by molar-refractivity contribution is 5.67. The summed E-state index contributed by atoms with van der Waals surface area (Å²) < 4.78 is 4.23. The van der Waals surface area contributed by atoms with Gasteiger partial charge in [-0.2, -0.15) is 0 Å². The summed E-state index contributed by atoms with van der Waals surface area (Å²) in [7, 11) is 1.24. The molecule has 2 amide bonds. The number of amides is 2. The van der Waals surface area contributed by atoms with E-state index in [1.165, 1.54) is 7.11 Å². The van der Waals surface area contributed by atoms with E-state index in [-0.39, 0.29) is 13.1 Å². The molecular weight excluding hydrogens is 152 g/mol. The van der Waals surface area contributed by atoms with Gasteiger partial charge in [0, 0.05) is 13.1 Å². The number of methoxy groups -OCH3 is 1. The van der Waals surface area contributed by atoms with Crippen molar-refractivity contribution >= 4 is 12.2 Å². The number of hydrogen-bond donors (Lipinski definition) is 3. The fourth-order valence-corrected chi connectivity index (χ4v) is 0.406. The summed E-state index contributed by atoms with van der Waals surface area (Å²) in [5.41, 5.74) is 0. The van der Waals surface area contributed by atoms with E-state index in [4.69, 9.17) is 5.11 Å².